The lowest BCUT2D eigenvalue weighted by Gasteiger charge is -2.25. The molecule has 0 aromatic carbocycles. The van der Waals surface area contributed by atoms with Crippen LogP contribution in [0.1, 0.15) is 27.2 Å². The lowest BCUT2D eigenvalue weighted by molar-refractivity contribution is -0.129. The highest BCUT2D eigenvalue weighted by Gasteiger charge is 2.35. The average molecular weight is 232 g/mol. The lowest BCUT2D eigenvalue weighted by atomic mass is 10.3. The van der Waals surface area contributed by atoms with E-state index in [0.29, 0.717) is 6.54 Å². The number of rotatable bonds is 4. The Morgan fingerprint density at radius 2 is 2.20 bits per heavy atom. The molecule has 1 N–H and O–H groups in total. The van der Waals surface area contributed by atoms with Gasteiger partial charge >= 0.3 is 0 Å². The summed E-state index contributed by atoms with van der Waals surface area (Å²) in [5.41, 5.74) is 0. The van der Waals surface area contributed by atoms with Crippen LogP contribution in [0.3, 0.4) is 0 Å². The molecule has 5 heteroatoms. The Morgan fingerprint density at radius 3 is 2.67 bits per heavy atom. The van der Waals surface area contributed by atoms with Gasteiger partial charge in [0, 0.05) is 28.9 Å². The minimum absolute atomic E-state index is 0.0371. The first-order valence-corrected chi connectivity index (χ1v) is 6.98. The van der Waals surface area contributed by atoms with Gasteiger partial charge in [0.05, 0.1) is 12.2 Å². The van der Waals surface area contributed by atoms with E-state index in [-0.39, 0.29) is 23.4 Å². The third-order valence-corrected chi connectivity index (χ3v) is 4.16. The second-order valence-electron chi connectivity index (χ2n) is 4.11. The molecule has 0 aliphatic carbocycles. The molecule has 4 atom stereocenters. The quantitative estimate of drug-likeness (QED) is 0.759. The maximum absolute atomic E-state index is 11.8. The normalized spacial score (nSPS) is 30.7. The highest BCUT2D eigenvalue weighted by Crippen LogP contribution is 2.14. The number of nitrogens with one attached hydrogen (secondary N) is 1. The minimum atomic E-state index is -0.871. The maximum atomic E-state index is 11.8. The smallest absolute Gasteiger partial charge is 0.240 e. The molecule has 0 radical (unpaired) electrons. The third kappa shape index (κ3) is 2.78. The van der Waals surface area contributed by atoms with Crippen LogP contribution in [0.15, 0.2) is 0 Å². The molecular weight excluding hydrogens is 212 g/mol. The van der Waals surface area contributed by atoms with Gasteiger partial charge in [-0.25, -0.2) is 0 Å². The number of amides is 1. The number of nitrogens with zero attached hydrogens (tertiary/aromatic N) is 1. The molecule has 1 heterocycles. The van der Waals surface area contributed by atoms with Crippen LogP contribution in [0.5, 0.6) is 0 Å². The van der Waals surface area contributed by atoms with Crippen molar-refractivity contribution >= 4 is 16.7 Å². The van der Waals surface area contributed by atoms with E-state index in [1.807, 2.05) is 25.7 Å². The molecule has 15 heavy (non-hydrogen) atoms. The summed E-state index contributed by atoms with van der Waals surface area (Å²) in [6.45, 7) is 6.42. The Balaban J connectivity index is 2.66. The van der Waals surface area contributed by atoms with Crippen molar-refractivity contribution in [1.29, 1.82) is 0 Å². The third-order valence-electron chi connectivity index (χ3n) is 2.88. The van der Waals surface area contributed by atoms with Crippen LogP contribution in [-0.4, -0.2) is 45.3 Å². The Morgan fingerprint density at radius 1 is 1.60 bits per heavy atom. The van der Waals surface area contributed by atoms with Crippen molar-refractivity contribution in [3.05, 3.63) is 0 Å². The average Bonchev–Trinajstić information content (AvgIpc) is 2.45. The van der Waals surface area contributed by atoms with Crippen LogP contribution in [0, 0.1) is 0 Å². The summed E-state index contributed by atoms with van der Waals surface area (Å²) in [5, 5.41) is 3.26. The van der Waals surface area contributed by atoms with Gasteiger partial charge < -0.3 is 4.90 Å². The van der Waals surface area contributed by atoms with Gasteiger partial charge in [-0.05, 0) is 20.3 Å². The van der Waals surface area contributed by atoms with Crippen LogP contribution >= 0.6 is 0 Å². The molecule has 1 aliphatic rings. The van der Waals surface area contributed by atoms with Gasteiger partial charge in [0.15, 0.2) is 0 Å². The number of carbonyl (C=O) groups excluding carboxylic acids is 1. The summed E-state index contributed by atoms with van der Waals surface area (Å²) in [6.07, 6.45) is 2.68. The molecule has 0 saturated carbocycles. The lowest BCUT2D eigenvalue weighted by Crippen LogP contribution is -2.41. The first kappa shape index (κ1) is 12.6. The van der Waals surface area contributed by atoms with Gasteiger partial charge in [0.1, 0.15) is 0 Å². The fourth-order valence-electron chi connectivity index (χ4n) is 1.79. The Labute approximate surface area is 93.9 Å². The van der Waals surface area contributed by atoms with E-state index >= 15 is 0 Å². The highest BCUT2D eigenvalue weighted by atomic mass is 32.2. The molecule has 1 rings (SSSR count). The van der Waals surface area contributed by atoms with E-state index in [1.165, 1.54) is 0 Å². The van der Waals surface area contributed by atoms with Gasteiger partial charge in [-0.15, -0.1) is 0 Å². The van der Waals surface area contributed by atoms with E-state index in [2.05, 4.69) is 5.32 Å². The molecule has 1 fully saturated rings. The number of hydrogen-bond donors (Lipinski definition) is 1. The van der Waals surface area contributed by atoms with Crippen molar-refractivity contribution in [3.8, 4) is 0 Å². The van der Waals surface area contributed by atoms with E-state index < -0.39 is 10.8 Å². The fraction of sp³-hybridized carbons (Fsp3) is 0.900. The predicted molar refractivity (Wildman–Crippen MR) is 61.9 cm³/mol. The van der Waals surface area contributed by atoms with Gasteiger partial charge in [-0.3, -0.25) is 14.3 Å². The molecule has 0 spiro atoms. The van der Waals surface area contributed by atoms with Gasteiger partial charge in [0.2, 0.25) is 5.91 Å². The van der Waals surface area contributed by atoms with E-state index in [4.69, 9.17) is 0 Å². The first-order chi connectivity index (χ1) is 6.97. The SMILES string of the molecule is CCC1NC(C)C(=O)N1CC(C)S(C)=O. The van der Waals surface area contributed by atoms with Crippen LogP contribution < -0.4 is 5.32 Å². The van der Waals surface area contributed by atoms with Gasteiger partial charge in [-0.2, -0.15) is 0 Å². The zero-order valence-corrected chi connectivity index (χ0v) is 10.6. The van der Waals surface area contributed by atoms with Crippen molar-refractivity contribution in [1.82, 2.24) is 10.2 Å². The summed E-state index contributed by atoms with van der Waals surface area (Å²) in [5.74, 6) is 0.124. The molecule has 1 aliphatic heterocycles. The standard InChI is InChI=1S/C10H20N2O2S/c1-5-9-11-8(3)10(13)12(9)6-7(2)15(4)14/h7-9,11H,5-6H2,1-4H3. The molecule has 0 bridgehead atoms. The van der Waals surface area contributed by atoms with Crippen molar-refractivity contribution in [2.45, 2.75) is 44.6 Å². The van der Waals surface area contributed by atoms with Crippen LogP contribution in [0.4, 0.5) is 0 Å². The summed E-state index contributed by atoms with van der Waals surface area (Å²) < 4.78 is 11.3. The highest BCUT2D eigenvalue weighted by molar-refractivity contribution is 7.84. The zero-order valence-electron chi connectivity index (χ0n) is 9.82. The van der Waals surface area contributed by atoms with Crippen LogP contribution in [-0.2, 0) is 15.6 Å². The second kappa shape index (κ2) is 5.07. The molecular formula is C10H20N2O2S. The van der Waals surface area contributed by atoms with Crippen molar-refractivity contribution in [3.63, 3.8) is 0 Å². The van der Waals surface area contributed by atoms with Gasteiger partial charge in [-0.1, -0.05) is 6.92 Å². The van der Waals surface area contributed by atoms with E-state index in [1.54, 1.807) is 6.26 Å². The Kier molecular flexibility index (Phi) is 4.28. The molecule has 4 unspecified atom stereocenters. The summed E-state index contributed by atoms with van der Waals surface area (Å²) in [7, 11) is -0.871. The largest absolute Gasteiger partial charge is 0.325 e. The molecule has 0 aromatic heterocycles. The van der Waals surface area contributed by atoms with E-state index in [0.717, 1.165) is 6.42 Å². The first-order valence-electron chi connectivity index (χ1n) is 5.36. The van der Waals surface area contributed by atoms with Crippen LogP contribution in [0.2, 0.25) is 0 Å². The number of hydrogen-bond acceptors (Lipinski definition) is 3. The van der Waals surface area contributed by atoms with Crippen molar-refractivity contribution in [2.24, 2.45) is 0 Å². The summed E-state index contributed by atoms with van der Waals surface area (Å²) in [6, 6.07) is -0.104. The molecule has 1 amide bonds. The van der Waals surface area contributed by atoms with E-state index in [9.17, 15) is 9.00 Å². The molecule has 0 aromatic rings. The zero-order chi connectivity index (χ0) is 11.6. The summed E-state index contributed by atoms with van der Waals surface area (Å²) >= 11 is 0. The maximum Gasteiger partial charge on any atom is 0.240 e. The van der Waals surface area contributed by atoms with Crippen molar-refractivity contribution in [2.75, 3.05) is 12.8 Å². The molecule has 1 saturated heterocycles. The molecule has 88 valence electrons. The monoisotopic (exact) mass is 232 g/mol. The minimum Gasteiger partial charge on any atom is -0.325 e. The van der Waals surface area contributed by atoms with Crippen molar-refractivity contribution < 1.29 is 9.00 Å². The summed E-state index contributed by atoms with van der Waals surface area (Å²) in [4.78, 5) is 13.6. The Hall–Kier alpha value is -0.420. The van der Waals surface area contributed by atoms with Gasteiger partial charge in [0.25, 0.3) is 0 Å². The topological polar surface area (TPSA) is 49.4 Å². The fourth-order valence-corrected chi connectivity index (χ4v) is 2.16. The predicted octanol–water partition coefficient (Wildman–Crippen LogP) is 0.310. The van der Waals surface area contributed by atoms with Crippen LogP contribution in [0.25, 0.3) is 0 Å². The Bertz CT molecular complexity index is 270. The molecule has 4 nitrogen and oxygen atoms in total. The second-order valence-corrected chi connectivity index (χ2v) is 5.91. The number of carbonyl (C=O) groups is 1.